The van der Waals surface area contributed by atoms with Crippen LogP contribution in [0.3, 0.4) is 0 Å². The summed E-state index contributed by atoms with van der Waals surface area (Å²) in [6, 6.07) is 6.98. The molecule has 0 aliphatic carbocycles. The lowest BCUT2D eigenvalue weighted by atomic mass is 10.1. The lowest BCUT2D eigenvalue weighted by Gasteiger charge is -2.27. The number of halogens is 1. The summed E-state index contributed by atoms with van der Waals surface area (Å²) in [6.07, 6.45) is 1.19. The first-order valence-electron chi connectivity index (χ1n) is 5.91. The van der Waals surface area contributed by atoms with Gasteiger partial charge in [-0.1, -0.05) is 25.1 Å². The molecule has 3 heteroatoms. The van der Waals surface area contributed by atoms with Crippen molar-refractivity contribution < 1.29 is 4.39 Å². The lowest BCUT2D eigenvalue weighted by Crippen LogP contribution is -2.32. The fourth-order valence-corrected chi connectivity index (χ4v) is 2.47. The Labute approximate surface area is 96.2 Å². The first kappa shape index (κ1) is 11.6. The monoisotopic (exact) mass is 222 g/mol. The Balaban J connectivity index is 2.19. The van der Waals surface area contributed by atoms with Gasteiger partial charge >= 0.3 is 0 Å². The quantitative estimate of drug-likeness (QED) is 0.849. The summed E-state index contributed by atoms with van der Waals surface area (Å²) in [4.78, 5) is 2.29. The second-order valence-corrected chi connectivity index (χ2v) is 4.66. The molecule has 0 saturated carbocycles. The summed E-state index contributed by atoms with van der Waals surface area (Å²) >= 11 is 0. The van der Waals surface area contributed by atoms with E-state index in [0.717, 1.165) is 18.7 Å². The Morgan fingerprint density at radius 3 is 2.81 bits per heavy atom. The second-order valence-electron chi connectivity index (χ2n) is 4.66. The van der Waals surface area contributed by atoms with Gasteiger partial charge in [-0.05, 0) is 24.9 Å². The molecule has 0 spiro atoms. The summed E-state index contributed by atoms with van der Waals surface area (Å²) in [5.41, 5.74) is 6.53. The molecule has 0 aromatic heterocycles. The minimum Gasteiger partial charge on any atom is -0.329 e. The molecule has 1 saturated heterocycles. The summed E-state index contributed by atoms with van der Waals surface area (Å²) in [6.45, 7) is 4.76. The fourth-order valence-electron chi connectivity index (χ4n) is 2.47. The number of likely N-dealkylation sites (tertiary alicyclic amines) is 1. The van der Waals surface area contributed by atoms with Gasteiger partial charge < -0.3 is 5.73 Å². The fraction of sp³-hybridized carbons (Fsp3) is 0.538. The number of nitrogens with zero attached hydrogens (tertiary/aromatic N) is 1. The number of rotatable bonds is 3. The highest BCUT2D eigenvalue weighted by atomic mass is 19.1. The zero-order valence-electron chi connectivity index (χ0n) is 9.70. The molecule has 1 aliphatic rings. The predicted octanol–water partition coefficient (Wildman–Crippen LogP) is 2.17. The average molecular weight is 222 g/mol. The largest absolute Gasteiger partial charge is 0.329 e. The van der Waals surface area contributed by atoms with Gasteiger partial charge in [0.2, 0.25) is 0 Å². The lowest BCUT2D eigenvalue weighted by molar-refractivity contribution is 0.238. The maximum absolute atomic E-state index is 13.7. The van der Waals surface area contributed by atoms with Crippen LogP contribution < -0.4 is 5.73 Å². The second kappa shape index (κ2) is 4.93. The summed E-state index contributed by atoms with van der Waals surface area (Å²) in [5.74, 6) is 0.554. The van der Waals surface area contributed by atoms with Crippen LogP contribution in [-0.4, -0.2) is 24.5 Å². The molecule has 1 aromatic carbocycles. The van der Waals surface area contributed by atoms with Crippen molar-refractivity contribution in [2.45, 2.75) is 19.4 Å². The number of benzene rings is 1. The van der Waals surface area contributed by atoms with E-state index in [0.29, 0.717) is 12.5 Å². The SMILES string of the molecule is CC1CCN(C(CN)c2ccccc2F)C1. The molecule has 2 rings (SSSR count). The Kier molecular flexibility index (Phi) is 3.56. The Bertz CT molecular complexity index is 354. The van der Waals surface area contributed by atoms with E-state index >= 15 is 0 Å². The van der Waals surface area contributed by atoms with Crippen LogP contribution in [0.5, 0.6) is 0 Å². The standard InChI is InChI=1S/C13H19FN2/c1-10-6-7-16(9-10)13(8-15)11-4-2-3-5-12(11)14/h2-5,10,13H,6-9,15H2,1H3. The molecule has 2 nitrogen and oxygen atoms in total. The highest BCUT2D eigenvalue weighted by Crippen LogP contribution is 2.28. The highest BCUT2D eigenvalue weighted by molar-refractivity contribution is 5.22. The molecule has 2 N–H and O–H groups in total. The Morgan fingerprint density at radius 2 is 2.25 bits per heavy atom. The molecule has 0 amide bonds. The van der Waals surface area contributed by atoms with Crippen molar-refractivity contribution >= 4 is 0 Å². The van der Waals surface area contributed by atoms with Gasteiger partial charge in [-0.25, -0.2) is 4.39 Å². The third-order valence-corrected chi connectivity index (χ3v) is 3.38. The van der Waals surface area contributed by atoms with Gasteiger partial charge in [0.25, 0.3) is 0 Å². The van der Waals surface area contributed by atoms with Gasteiger partial charge in [-0.2, -0.15) is 0 Å². The molecule has 88 valence electrons. The molecule has 2 atom stereocenters. The van der Waals surface area contributed by atoms with E-state index in [9.17, 15) is 4.39 Å². The summed E-state index contributed by atoms with van der Waals surface area (Å²) < 4.78 is 13.7. The van der Waals surface area contributed by atoms with Gasteiger partial charge in [0, 0.05) is 24.7 Å². The van der Waals surface area contributed by atoms with E-state index in [2.05, 4.69) is 11.8 Å². The molecule has 0 radical (unpaired) electrons. The van der Waals surface area contributed by atoms with Crippen LogP contribution in [0.4, 0.5) is 4.39 Å². The van der Waals surface area contributed by atoms with E-state index in [-0.39, 0.29) is 11.9 Å². The normalized spacial score (nSPS) is 23.6. The van der Waals surface area contributed by atoms with Crippen molar-refractivity contribution in [3.63, 3.8) is 0 Å². The molecule has 0 bridgehead atoms. The van der Waals surface area contributed by atoms with Crippen LogP contribution in [0.25, 0.3) is 0 Å². The van der Waals surface area contributed by atoms with Crippen LogP contribution in [0.15, 0.2) is 24.3 Å². The topological polar surface area (TPSA) is 29.3 Å². The van der Waals surface area contributed by atoms with Crippen LogP contribution >= 0.6 is 0 Å². The van der Waals surface area contributed by atoms with Crippen LogP contribution in [0.1, 0.15) is 24.9 Å². The molecule has 1 aromatic rings. The van der Waals surface area contributed by atoms with Crippen molar-refractivity contribution in [3.8, 4) is 0 Å². The van der Waals surface area contributed by atoms with Gasteiger partial charge in [0.05, 0.1) is 0 Å². The maximum atomic E-state index is 13.7. The predicted molar refractivity (Wildman–Crippen MR) is 63.5 cm³/mol. The van der Waals surface area contributed by atoms with Crippen molar-refractivity contribution in [2.24, 2.45) is 11.7 Å². The summed E-state index contributed by atoms with van der Waals surface area (Å²) in [7, 11) is 0. The van der Waals surface area contributed by atoms with Crippen molar-refractivity contribution in [3.05, 3.63) is 35.6 Å². The molecule has 2 unspecified atom stereocenters. The smallest absolute Gasteiger partial charge is 0.128 e. The third kappa shape index (κ3) is 2.25. The first-order chi connectivity index (χ1) is 7.72. The van der Waals surface area contributed by atoms with Crippen LogP contribution in [-0.2, 0) is 0 Å². The third-order valence-electron chi connectivity index (χ3n) is 3.38. The maximum Gasteiger partial charge on any atom is 0.128 e. The first-order valence-corrected chi connectivity index (χ1v) is 5.91. The van der Waals surface area contributed by atoms with E-state index in [1.54, 1.807) is 6.07 Å². The molecule has 1 fully saturated rings. The molecule has 1 aliphatic heterocycles. The van der Waals surface area contributed by atoms with Crippen LogP contribution in [0.2, 0.25) is 0 Å². The van der Waals surface area contributed by atoms with Crippen LogP contribution in [0, 0.1) is 11.7 Å². The van der Waals surface area contributed by atoms with Crippen molar-refractivity contribution in [1.82, 2.24) is 4.90 Å². The molecular weight excluding hydrogens is 203 g/mol. The van der Waals surface area contributed by atoms with Gasteiger partial charge in [0.15, 0.2) is 0 Å². The molecular formula is C13H19FN2. The number of hydrogen-bond acceptors (Lipinski definition) is 2. The van der Waals surface area contributed by atoms with Gasteiger partial charge in [0.1, 0.15) is 5.82 Å². The van der Waals surface area contributed by atoms with E-state index in [4.69, 9.17) is 5.73 Å². The number of nitrogens with two attached hydrogens (primary N) is 1. The minimum absolute atomic E-state index is 0.0335. The zero-order valence-corrected chi connectivity index (χ0v) is 9.70. The van der Waals surface area contributed by atoms with Crippen molar-refractivity contribution in [2.75, 3.05) is 19.6 Å². The average Bonchev–Trinajstić information content (AvgIpc) is 2.69. The zero-order chi connectivity index (χ0) is 11.5. The molecule has 16 heavy (non-hydrogen) atoms. The highest BCUT2D eigenvalue weighted by Gasteiger charge is 2.27. The van der Waals surface area contributed by atoms with Gasteiger partial charge in [-0.3, -0.25) is 4.90 Å². The van der Waals surface area contributed by atoms with E-state index in [1.165, 1.54) is 12.5 Å². The number of hydrogen-bond donors (Lipinski definition) is 1. The minimum atomic E-state index is -0.141. The Hall–Kier alpha value is -0.930. The van der Waals surface area contributed by atoms with Crippen molar-refractivity contribution in [1.29, 1.82) is 0 Å². The van der Waals surface area contributed by atoms with Gasteiger partial charge in [-0.15, -0.1) is 0 Å². The van der Waals surface area contributed by atoms with E-state index < -0.39 is 0 Å². The molecule has 1 heterocycles. The summed E-state index contributed by atoms with van der Waals surface area (Å²) in [5, 5.41) is 0. The Morgan fingerprint density at radius 1 is 1.50 bits per heavy atom. The van der Waals surface area contributed by atoms with E-state index in [1.807, 2.05) is 12.1 Å².